The number of piperazine rings is 1. The monoisotopic (exact) mass is 483 g/mol. The fourth-order valence-electron chi connectivity index (χ4n) is 4.34. The van der Waals surface area contributed by atoms with Crippen LogP contribution < -0.4 is 9.64 Å². The van der Waals surface area contributed by atoms with Crippen molar-refractivity contribution in [3.05, 3.63) is 69.8 Å². The Balaban J connectivity index is 1.47. The molecule has 5 rings (SSSR count). The van der Waals surface area contributed by atoms with Gasteiger partial charge in [-0.1, -0.05) is 48.1 Å². The largest absolute Gasteiger partial charge is 0.497 e. The van der Waals surface area contributed by atoms with E-state index in [-0.39, 0.29) is 11.9 Å². The van der Waals surface area contributed by atoms with Crippen LogP contribution in [0, 0.1) is 0 Å². The Hall–Kier alpha value is -2.81. The van der Waals surface area contributed by atoms with Gasteiger partial charge >= 0.3 is 0 Å². The van der Waals surface area contributed by atoms with Gasteiger partial charge in [0.2, 0.25) is 10.8 Å². The van der Waals surface area contributed by atoms with E-state index in [1.807, 2.05) is 37.3 Å². The van der Waals surface area contributed by atoms with E-state index in [4.69, 9.17) is 16.3 Å². The van der Waals surface area contributed by atoms with Gasteiger partial charge in [0.15, 0.2) is 5.82 Å². The maximum absolute atomic E-state index is 11.1. The smallest absolute Gasteiger partial charge is 0.230 e. The summed E-state index contributed by atoms with van der Waals surface area (Å²) in [7, 11) is 1.67. The van der Waals surface area contributed by atoms with Crippen molar-refractivity contribution in [1.29, 1.82) is 0 Å². The number of hydrogen-bond acceptors (Lipinski definition) is 7. The third-order valence-corrected chi connectivity index (χ3v) is 7.40. The molecule has 4 aromatic rings. The zero-order valence-electron chi connectivity index (χ0n) is 18.6. The Morgan fingerprint density at radius 1 is 1.12 bits per heavy atom. The molecule has 1 atom stereocenters. The maximum atomic E-state index is 11.1. The molecule has 0 aliphatic carbocycles. The molecular weight excluding hydrogens is 458 g/mol. The van der Waals surface area contributed by atoms with E-state index < -0.39 is 0 Å². The summed E-state index contributed by atoms with van der Waals surface area (Å²) in [6.45, 7) is 5.44. The van der Waals surface area contributed by atoms with E-state index >= 15 is 0 Å². The third kappa shape index (κ3) is 4.26. The minimum Gasteiger partial charge on any atom is -0.497 e. The normalized spacial score (nSPS) is 15.8. The summed E-state index contributed by atoms with van der Waals surface area (Å²) in [5.74, 6) is 1.71. The second-order valence-corrected chi connectivity index (χ2v) is 9.49. The number of aromatic hydroxyl groups is 1. The number of thiazole rings is 1. The summed E-state index contributed by atoms with van der Waals surface area (Å²) in [6, 6.07) is 16.0. The van der Waals surface area contributed by atoms with Gasteiger partial charge in [-0.3, -0.25) is 4.90 Å². The molecule has 0 amide bonds. The highest BCUT2D eigenvalue weighted by atomic mass is 35.5. The Morgan fingerprint density at radius 2 is 1.88 bits per heavy atom. The molecule has 1 unspecified atom stereocenters. The van der Waals surface area contributed by atoms with E-state index in [0.29, 0.717) is 0 Å². The number of aromatic nitrogens is 3. The van der Waals surface area contributed by atoms with Gasteiger partial charge in [-0.15, -0.1) is 5.10 Å². The minimum absolute atomic E-state index is 0.101. The molecule has 2 aromatic carbocycles. The third-order valence-electron chi connectivity index (χ3n) is 6.09. The van der Waals surface area contributed by atoms with Crippen molar-refractivity contribution in [2.75, 3.05) is 38.2 Å². The van der Waals surface area contributed by atoms with E-state index in [2.05, 4.69) is 38.1 Å². The molecule has 0 spiro atoms. The molecule has 1 aliphatic heterocycles. The first-order valence-electron chi connectivity index (χ1n) is 11.0. The molecule has 1 saturated heterocycles. The highest BCUT2D eigenvalue weighted by Gasteiger charge is 2.32. The van der Waals surface area contributed by atoms with Crippen LogP contribution in [-0.2, 0) is 6.42 Å². The summed E-state index contributed by atoms with van der Waals surface area (Å²) in [5.41, 5.74) is 2.24. The first-order valence-corrected chi connectivity index (χ1v) is 12.2. The van der Waals surface area contributed by atoms with E-state index in [1.165, 1.54) is 11.3 Å². The maximum Gasteiger partial charge on any atom is 0.230 e. The fourth-order valence-corrected chi connectivity index (χ4v) is 5.66. The zero-order chi connectivity index (χ0) is 22.9. The Labute approximate surface area is 201 Å². The standard InChI is InChI=1S/C24H26ClN5O2S/c1-3-20-26-24-30(27-20)23(31)22(33-24)21(16-7-9-19(32-2)10-8-16)29-13-11-28(12-14-29)18-6-4-5-17(25)15-18/h4-10,15,21,31H,3,11-14H2,1-2H3. The van der Waals surface area contributed by atoms with Crippen LogP contribution in [0.2, 0.25) is 5.02 Å². The molecule has 7 nitrogen and oxygen atoms in total. The lowest BCUT2D eigenvalue weighted by Gasteiger charge is -2.40. The topological polar surface area (TPSA) is 66.1 Å². The second-order valence-electron chi connectivity index (χ2n) is 8.04. The molecule has 33 heavy (non-hydrogen) atoms. The molecule has 3 heterocycles. The number of ether oxygens (including phenoxy) is 1. The predicted molar refractivity (Wildman–Crippen MR) is 132 cm³/mol. The lowest BCUT2D eigenvalue weighted by Crippen LogP contribution is -2.47. The van der Waals surface area contributed by atoms with Gasteiger partial charge in [0, 0.05) is 43.3 Å². The van der Waals surface area contributed by atoms with Crippen molar-refractivity contribution in [2.45, 2.75) is 19.4 Å². The molecule has 0 bridgehead atoms. The average molecular weight is 484 g/mol. The van der Waals surface area contributed by atoms with Crippen molar-refractivity contribution in [3.63, 3.8) is 0 Å². The number of benzene rings is 2. The van der Waals surface area contributed by atoms with Crippen LogP contribution in [0.1, 0.15) is 29.2 Å². The van der Waals surface area contributed by atoms with Crippen molar-refractivity contribution >= 4 is 33.6 Å². The van der Waals surface area contributed by atoms with Crippen molar-refractivity contribution < 1.29 is 9.84 Å². The Kier molecular flexibility index (Phi) is 6.14. The second kappa shape index (κ2) is 9.21. The number of rotatable bonds is 6. The van der Waals surface area contributed by atoms with Gasteiger partial charge in [-0.05, 0) is 35.9 Å². The SMILES string of the molecule is CCc1nc2sc(C(c3ccc(OC)cc3)N3CCN(c4cccc(Cl)c4)CC3)c(O)n2n1. The quantitative estimate of drug-likeness (QED) is 0.431. The van der Waals surface area contributed by atoms with E-state index in [9.17, 15) is 5.11 Å². The van der Waals surface area contributed by atoms with Gasteiger partial charge in [0.1, 0.15) is 5.75 Å². The summed E-state index contributed by atoms with van der Waals surface area (Å²) >= 11 is 7.71. The van der Waals surface area contributed by atoms with Gasteiger partial charge in [0.05, 0.1) is 18.0 Å². The number of anilines is 1. The van der Waals surface area contributed by atoms with Crippen LogP contribution in [0.3, 0.4) is 0 Å². The first-order chi connectivity index (χ1) is 16.1. The molecule has 0 radical (unpaired) electrons. The van der Waals surface area contributed by atoms with Gasteiger partial charge in [-0.25, -0.2) is 4.98 Å². The number of hydrogen-bond donors (Lipinski definition) is 1. The zero-order valence-corrected chi connectivity index (χ0v) is 20.2. The van der Waals surface area contributed by atoms with Crippen LogP contribution in [0.25, 0.3) is 4.96 Å². The highest BCUT2D eigenvalue weighted by Crippen LogP contribution is 2.41. The molecular formula is C24H26ClN5O2S. The van der Waals surface area contributed by atoms with E-state index in [0.717, 1.165) is 70.3 Å². The number of nitrogens with zero attached hydrogens (tertiary/aromatic N) is 5. The number of halogens is 1. The number of aryl methyl sites for hydroxylation is 1. The van der Waals surface area contributed by atoms with Gasteiger partial charge in [-0.2, -0.15) is 4.52 Å². The number of fused-ring (bicyclic) bond motifs is 1. The molecule has 172 valence electrons. The minimum atomic E-state index is -0.101. The summed E-state index contributed by atoms with van der Waals surface area (Å²) in [4.78, 5) is 10.9. The van der Waals surface area contributed by atoms with Gasteiger partial charge in [0.25, 0.3) is 0 Å². The molecule has 1 fully saturated rings. The molecule has 2 aromatic heterocycles. The summed E-state index contributed by atoms with van der Waals surface area (Å²) in [6.07, 6.45) is 0.733. The van der Waals surface area contributed by atoms with Crippen molar-refractivity contribution in [1.82, 2.24) is 19.5 Å². The Bertz CT molecular complexity index is 1250. The van der Waals surface area contributed by atoms with Gasteiger partial charge < -0.3 is 14.7 Å². The summed E-state index contributed by atoms with van der Waals surface area (Å²) in [5, 5.41) is 16.3. The van der Waals surface area contributed by atoms with Crippen LogP contribution in [0.5, 0.6) is 11.6 Å². The van der Waals surface area contributed by atoms with Crippen LogP contribution in [0.4, 0.5) is 5.69 Å². The lowest BCUT2D eigenvalue weighted by molar-refractivity contribution is 0.211. The average Bonchev–Trinajstić information content (AvgIpc) is 3.39. The lowest BCUT2D eigenvalue weighted by atomic mass is 10.0. The molecule has 1 N–H and O–H groups in total. The summed E-state index contributed by atoms with van der Waals surface area (Å²) < 4.78 is 6.92. The van der Waals surface area contributed by atoms with Crippen molar-refractivity contribution in [3.8, 4) is 11.6 Å². The fraction of sp³-hybridized carbons (Fsp3) is 0.333. The van der Waals surface area contributed by atoms with Crippen LogP contribution in [0.15, 0.2) is 48.5 Å². The molecule has 0 saturated carbocycles. The first kappa shape index (κ1) is 22.0. The molecule has 1 aliphatic rings. The molecule has 9 heteroatoms. The predicted octanol–water partition coefficient (Wildman–Crippen LogP) is 4.63. The van der Waals surface area contributed by atoms with Crippen LogP contribution >= 0.6 is 22.9 Å². The number of methoxy groups -OCH3 is 1. The van der Waals surface area contributed by atoms with Crippen LogP contribution in [-0.4, -0.2) is 57.9 Å². The van der Waals surface area contributed by atoms with Crippen molar-refractivity contribution in [2.24, 2.45) is 0 Å². The Morgan fingerprint density at radius 3 is 2.52 bits per heavy atom. The highest BCUT2D eigenvalue weighted by molar-refractivity contribution is 7.17. The van der Waals surface area contributed by atoms with E-state index in [1.54, 1.807) is 11.6 Å².